The van der Waals surface area contributed by atoms with E-state index in [0.29, 0.717) is 45.2 Å². The van der Waals surface area contributed by atoms with E-state index in [1.807, 2.05) is 41.5 Å². The number of hydrogen-bond acceptors (Lipinski definition) is 4. The number of fused-ring (bicyclic) bond motifs is 6. The SMILES string of the molecule is CCC(C)C(CC)n1c(=O)c2ccc(c1=O)c1c3ccc(c(=O)n(C(CC)C(C)CC)c3=O)c21. The third-order valence-electron chi connectivity index (χ3n) is 8.06. The second-order valence-electron chi connectivity index (χ2n) is 9.75. The Labute approximate surface area is 198 Å². The molecule has 34 heavy (non-hydrogen) atoms. The fourth-order valence-corrected chi connectivity index (χ4v) is 5.74. The molecule has 0 amide bonds. The Morgan fingerprint density at radius 2 is 0.794 bits per heavy atom. The highest BCUT2D eigenvalue weighted by atomic mass is 16.2. The Bertz CT molecular complexity index is 1370. The van der Waals surface area contributed by atoms with Crippen LogP contribution in [-0.4, -0.2) is 9.13 Å². The van der Waals surface area contributed by atoms with Crippen LogP contribution < -0.4 is 22.2 Å². The van der Waals surface area contributed by atoms with Gasteiger partial charge in [0.1, 0.15) is 0 Å². The van der Waals surface area contributed by atoms with Gasteiger partial charge in [0.05, 0.1) is 0 Å². The Morgan fingerprint density at radius 3 is 1.00 bits per heavy atom. The van der Waals surface area contributed by atoms with Gasteiger partial charge in [-0.2, -0.15) is 0 Å². The second-order valence-corrected chi connectivity index (χ2v) is 9.75. The average molecular weight is 463 g/mol. The van der Waals surface area contributed by atoms with Crippen molar-refractivity contribution in [3.05, 3.63) is 65.7 Å². The van der Waals surface area contributed by atoms with E-state index in [-0.39, 0.29) is 46.2 Å². The van der Waals surface area contributed by atoms with Crippen molar-refractivity contribution in [1.29, 1.82) is 0 Å². The van der Waals surface area contributed by atoms with Crippen LogP contribution in [-0.2, 0) is 0 Å². The Kier molecular flexibility index (Phi) is 6.36. The minimum atomic E-state index is -0.386. The molecule has 0 aliphatic rings. The zero-order chi connectivity index (χ0) is 24.9. The molecule has 4 heterocycles. The third-order valence-corrected chi connectivity index (χ3v) is 8.06. The summed E-state index contributed by atoms with van der Waals surface area (Å²) >= 11 is 0. The smallest absolute Gasteiger partial charge is 0.261 e. The summed E-state index contributed by atoms with van der Waals surface area (Å²) in [5.74, 6) is 0.261. The normalized spacial score (nSPS) is 15.8. The van der Waals surface area contributed by atoms with Gasteiger partial charge in [0.2, 0.25) is 0 Å². The van der Waals surface area contributed by atoms with E-state index in [9.17, 15) is 19.2 Å². The molecule has 4 bridgehead atoms. The zero-order valence-electron chi connectivity index (χ0n) is 21.0. The predicted octanol–water partition coefficient (Wildman–Crippen LogP) is 5.06. The van der Waals surface area contributed by atoms with E-state index in [4.69, 9.17) is 0 Å². The molecule has 0 spiro atoms. The molecular formula is C28H34N2O4. The Morgan fingerprint density at radius 1 is 0.529 bits per heavy atom. The lowest BCUT2D eigenvalue weighted by atomic mass is 9.96. The van der Waals surface area contributed by atoms with Crippen molar-refractivity contribution in [3.8, 4) is 0 Å². The highest BCUT2D eigenvalue weighted by molar-refractivity contribution is 6.22. The molecule has 6 aromatic rings. The van der Waals surface area contributed by atoms with Crippen molar-refractivity contribution >= 4 is 32.3 Å². The monoisotopic (exact) mass is 462 g/mol. The van der Waals surface area contributed by atoms with Gasteiger partial charge in [0.25, 0.3) is 22.2 Å². The molecule has 0 aliphatic carbocycles. The molecule has 4 atom stereocenters. The third kappa shape index (κ3) is 3.29. The first kappa shape index (κ1) is 24.1. The van der Waals surface area contributed by atoms with Crippen LogP contribution in [0.15, 0.2) is 43.4 Å². The lowest BCUT2D eigenvalue weighted by molar-refractivity contribution is 0.323. The molecule has 0 N–H and O–H groups in total. The molecular weight excluding hydrogens is 428 g/mol. The fraction of sp³-hybridized carbons (Fsp3) is 0.500. The molecule has 4 unspecified atom stereocenters. The minimum absolute atomic E-state index is 0.131. The summed E-state index contributed by atoms with van der Waals surface area (Å²) in [6, 6.07) is 6.08. The molecule has 0 fully saturated rings. The fourth-order valence-electron chi connectivity index (χ4n) is 5.74. The van der Waals surface area contributed by atoms with Crippen molar-refractivity contribution in [1.82, 2.24) is 9.13 Å². The molecule has 6 heteroatoms. The van der Waals surface area contributed by atoms with Crippen LogP contribution in [0, 0.1) is 11.8 Å². The van der Waals surface area contributed by atoms with Gasteiger partial charge in [-0.05, 0) is 48.9 Å². The van der Waals surface area contributed by atoms with Crippen LogP contribution in [0.2, 0.25) is 0 Å². The van der Waals surface area contributed by atoms with Crippen LogP contribution in [0.25, 0.3) is 32.3 Å². The van der Waals surface area contributed by atoms with Crippen molar-refractivity contribution in [2.24, 2.45) is 11.8 Å². The molecule has 180 valence electrons. The van der Waals surface area contributed by atoms with Gasteiger partial charge >= 0.3 is 0 Å². The summed E-state index contributed by atoms with van der Waals surface area (Å²) in [4.78, 5) is 55.2. The van der Waals surface area contributed by atoms with Crippen LogP contribution in [0.1, 0.15) is 79.3 Å². The average Bonchev–Trinajstić information content (AvgIpc) is 3.13. The van der Waals surface area contributed by atoms with Crippen molar-refractivity contribution in [2.45, 2.75) is 79.3 Å². The maximum atomic E-state index is 13.8. The highest BCUT2D eigenvalue weighted by Crippen LogP contribution is 2.31. The molecule has 0 saturated heterocycles. The van der Waals surface area contributed by atoms with Gasteiger partial charge < -0.3 is 0 Å². The summed E-state index contributed by atoms with van der Waals surface area (Å²) in [5, 5.41) is 2.17. The quantitative estimate of drug-likeness (QED) is 0.367. The summed E-state index contributed by atoms with van der Waals surface area (Å²) in [5.41, 5.74) is -1.54. The summed E-state index contributed by atoms with van der Waals surface area (Å²) in [6.45, 7) is 12.1. The van der Waals surface area contributed by atoms with Crippen molar-refractivity contribution in [2.75, 3.05) is 0 Å². The van der Waals surface area contributed by atoms with Crippen LogP contribution >= 0.6 is 0 Å². The summed E-state index contributed by atoms with van der Waals surface area (Å²) in [6.07, 6.45) is 2.94. The largest absolute Gasteiger partial charge is 0.271 e. The predicted molar refractivity (Wildman–Crippen MR) is 140 cm³/mol. The van der Waals surface area contributed by atoms with Crippen molar-refractivity contribution in [3.63, 3.8) is 0 Å². The zero-order valence-corrected chi connectivity index (χ0v) is 21.0. The molecule has 0 aliphatic heterocycles. The van der Waals surface area contributed by atoms with E-state index in [2.05, 4.69) is 0 Å². The van der Waals surface area contributed by atoms with Crippen molar-refractivity contribution < 1.29 is 0 Å². The van der Waals surface area contributed by atoms with Gasteiger partial charge in [0, 0.05) is 44.4 Å². The van der Waals surface area contributed by atoms with Gasteiger partial charge in [-0.15, -0.1) is 0 Å². The van der Waals surface area contributed by atoms with E-state index in [1.54, 1.807) is 24.3 Å². The molecule has 4 aromatic heterocycles. The summed E-state index contributed by atoms with van der Waals surface area (Å²) in [7, 11) is 0. The van der Waals surface area contributed by atoms with E-state index in [0.717, 1.165) is 12.8 Å². The van der Waals surface area contributed by atoms with E-state index < -0.39 is 0 Å². The Balaban J connectivity index is 2.29. The molecule has 6 rings (SSSR count). The second kappa shape index (κ2) is 8.97. The van der Waals surface area contributed by atoms with E-state index in [1.165, 1.54) is 9.13 Å². The van der Waals surface area contributed by atoms with Crippen LogP contribution in [0.3, 0.4) is 0 Å². The first-order valence-corrected chi connectivity index (χ1v) is 12.6. The topological polar surface area (TPSA) is 78.1 Å². The summed E-state index contributed by atoms with van der Waals surface area (Å²) < 4.78 is 2.74. The number of benzene rings is 2. The molecule has 6 nitrogen and oxygen atoms in total. The molecule has 0 saturated carbocycles. The number of hydrogen-bond donors (Lipinski definition) is 0. The van der Waals surface area contributed by atoms with Crippen LogP contribution in [0.5, 0.6) is 0 Å². The van der Waals surface area contributed by atoms with Gasteiger partial charge in [-0.25, -0.2) is 0 Å². The highest BCUT2D eigenvalue weighted by Gasteiger charge is 2.27. The first-order valence-electron chi connectivity index (χ1n) is 12.6. The van der Waals surface area contributed by atoms with Gasteiger partial charge in [0.15, 0.2) is 0 Å². The standard InChI is InChI=1S/C28H34N2O4/c1-7-15(5)21(9-3)29-25(31)17-11-12-18(26(29)32)24-20-14-13-19(23(17)24)27(33)30(28(20)34)22(10-4)16(6)8-2/h11-16,21-22H,7-10H2,1-6H3. The first-order chi connectivity index (χ1) is 16.2. The maximum absolute atomic E-state index is 13.8. The maximum Gasteiger partial charge on any atom is 0.261 e. The number of aromatic nitrogens is 2. The lowest BCUT2D eigenvalue weighted by Crippen LogP contribution is -2.36. The van der Waals surface area contributed by atoms with Crippen LogP contribution in [0.4, 0.5) is 0 Å². The molecule has 0 radical (unpaired) electrons. The molecule has 2 aromatic carbocycles. The number of rotatable bonds is 8. The minimum Gasteiger partial charge on any atom is -0.271 e. The van der Waals surface area contributed by atoms with E-state index >= 15 is 0 Å². The number of nitrogens with zero attached hydrogens (tertiary/aromatic N) is 2. The Hall–Kier alpha value is -3.02. The lowest BCUT2D eigenvalue weighted by Gasteiger charge is -2.22. The van der Waals surface area contributed by atoms with Gasteiger partial charge in [-0.1, -0.05) is 54.4 Å². The van der Waals surface area contributed by atoms with Gasteiger partial charge in [-0.3, -0.25) is 28.3 Å².